The highest BCUT2D eigenvalue weighted by Gasteiger charge is 2.19. The number of hydrogen-bond acceptors (Lipinski definition) is 3. The van der Waals surface area contributed by atoms with E-state index in [9.17, 15) is 4.79 Å². The largest absolute Gasteiger partial charge is 0.481 e. The summed E-state index contributed by atoms with van der Waals surface area (Å²) in [5, 5.41) is 10.4. The van der Waals surface area contributed by atoms with Crippen LogP contribution in [0.4, 0.5) is 0 Å². The van der Waals surface area contributed by atoms with Crippen molar-refractivity contribution in [1.82, 2.24) is 9.55 Å². The van der Waals surface area contributed by atoms with Gasteiger partial charge in [-0.25, -0.2) is 4.98 Å². The van der Waals surface area contributed by atoms with Gasteiger partial charge in [-0.05, 0) is 18.1 Å². The molecule has 21 heavy (non-hydrogen) atoms. The molecule has 0 aliphatic heterocycles. The molecule has 0 aliphatic carbocycles. The second-order valence-electron chi connectivity index (χ2n) is 4.71. The quantitative estimate of drug-likeness (QED) is 0.812. The predicted octanol–water partition coefficient (Wildman–Crippen LogP) is 4.48. The van der Waals surface area contributed by atoms with Crippen molar-refractivity contribution >= 4 is 40.9 Å². The van der Waals surface area contributed by atoms with Crippen LogP contribution in [-0.2, 0) is 4.79 Å². The topological polar surface area (TPSA) is 55.1 Å². The van der Waals surface area contributed by atoms with Crippen molar-refractivity contribution in [1.29, 1.82) is 0 Å². The molecule has 0 saturated heterocycles. The lowest BCUT2D eigenvalue weighted by Gasteiger charge is -2.16. The highest BCUT2D eigenvalue weighted by atomic mass is 35.5. The van der Waals surface area contributed by atoms with E-state index in [1.165, 1.54) is 0 Å². The van der Waals surface area contributed by atoms with Gasteiger partial charge in [0.1, 0.15) is 0 Å². The Kier molecular flexibility index (Phi) is 5.19. The lowest BCUT2D eigenvalue weighted by Crippen LogP contribution is -2.06. The summed E-state index contributed by atoms with van der Waals surface area (Å²) in [5.41, 5.74) is 1.56. The first kappa shape index (κ1) is 16.2. The molecule has 0 unspecified atom stereocenters. The number of rotatable bonds is 5. The Labute approximate surface area is 137 Å². The third kappa shape index (κ3) is 3.54. The van der Waals surface area contributed by atoms with E-state index in [0.717, 1.165) is 17.5 Å². The van der Waals surface area contributed by atoms with Crippen molar-refractivity contribution in [2.24, 2.45) is 0 Å². The number of halogens is 2. The molecule has 0 saturated carbocycles. The summed E-state index contributed by atoms with van der Waals surface area (Å²) in [6, 6.07) is 5.27. The number of thioether (sulfide) groups is 1. The van der Waals surface area contributed by atoms with Gasteiger partial charge in [0.15, 0.2) is 5.16 Å². The van der Waals surface area contributed by atoms with Gasteiger partial charge < -0.3 is 5.11 Å². The van der Waals surface area contributed by atoms with Crippen LogP contribution in [0.1, 0.15) is 25.5 Å². The van der Waals surface area contributed by atoms with Crippen LogP contribution in [0.15, 0.2) is 29.6 Å². The van der Waals surface area contributed by atoms with Crippen LogP contribution in [0.25, 0.3) is 5.69 Å². The smallest absolute Gasteiger partial charge is 0.313 e. The first-order valence-corrected chi connectivity index (χ1v) is 8.02. The molecule has 7 heteroatoms. The van der Waals surface area contributed by atoms with E-state index in [1.807, 2.05) is 18.4 Å². The standard InChI is InChI=1S/C14H14Cl2N2O2S/c1-8(2)11-6-17-14(21-7-12(19)20)18(11)13-9(15)4-3-5-10(13)16/h3-6,8H,7H2,1-2H3,(H,19,20). The molecule has 2 aromatic rings. The van der Waals surface area contributed by atoms with Crippen molar-refractivity contribution in [3.63, 3.8) is 0 Å². The minimum absolute atomic E-state index is 0.0728. The Hall–Kier alpha value is -1.17. The summed E-state index contributed by atoms with van der Waals surface area (Å²) in [6.07, 6.45) is 1.73. The van der Waals surface area contributed by atoms with Gasteiger partial charge in [0.05, 0.1) is 27.7 Å². The van der Waals surface area contributed by atoms with Gasteiger partial charge >= 0.3 is 5.97 Å². The predicted molar refractivity (Wildman–Crippen MR) is 86.0 cm³/mol. The van der Waals surface area contributed by atoms with Crippen LogP contribution in [0.3, 0.4) is 0 Å². The molecule has 0 spiro atoms. The summed E-state index contributed by atoms with van der Waals surface area (Å²) in [4.78, 5) is 15.1. The average molecular weight is 345 g/mol. The third-order valence-electron chi connectivity index (χ3n) is 2.83. The number of para-hydroxylation sites is 1. The molecule has 0 atom stereocenters. The minimum atomic E-state index is -0.897. The number of aliphatic carboxylic acids is 1. The Morgan fingerprint density at radius 2 is 2.00 bits per heavy atom. The molecule has 0 aliphatic rings. The van der Waals surface area contributed by atoms with Gasteiger partial charge in [0, 0.05) is 5.69 Å². The molecule has 1 heterocycles. The highest BCUT2D eigenvalue weighted by molar-refractivity contribution is 7.99. The first-order chi connectivity index (χ1) is 9.91. The van der Waals surface area contributed by atoms with Gasteiger partial charge in [0.25, 0.3) is 0 Å². The maximum Gasteiger partial charge on any atom is 0.313 e. The monoisotopic (exact) mass is 344 g/mol. The number of carboxylic acid groups (broad SMARTS) is 1. The lowest BCUT2D eigenvalue weighted by atomic mass is 10.1. The third-order valence-corrected chi connectivity index (χ3v) is 4.38. The van der Waals surface area contributed by atoms with Crippen LogP contribution >= 0.6 is 35.0 Å². The van der Waals surface area contributed by atoms with Crippen molar-refractivity contribution < 1.29 is 9.90 Å². The summed E-state index contributed by atoms with van der Waals surface area (Å²) in [6.45, 7) is 4.06. The molecule has 2 rings (SSSR count). The second-order valence-corrected chi connectivity index (χ2v) is 6.47. The van der Waals surface area contributed by atoms with E-state index in [2.05, 4.69) is 4.98 Å². The molecule has 1 N–H and O–H groups in total. The number of nitrogens with zero attached hydrogens (tertiary/aromatic N) is 2. The fourth-order valence-corrected chi connectivity index (χ4v) is 3.18. The van der Waals surface area contributed by atoms with Crippen molar-refractivity contribution in [3.8, 4) is 5.69 Å². The van der Waals surface area contributed by atoms with Gasteiger partial charge in [-0.1, -0.05) is 54.9 Å². The van der Waals surface area contributed by atoms with Gasteiger partial charge in [-0.2, -0.15) is 0 Å². The average Bonchev–Trinajstić information content (AvgIpc) is 2.80. The van der Waals surface area contributed by atoms with Crippen LogP contribution in [0.2, 0.25) is 10.0 Å². The zero-order chi connectivity index (χ0) is 15.6. The van der Waals surface area contributed by atoms with Crippen molar-refractivity contribution in [2.45, 2.75) is 24.9 Å². The molecule has 4 nitrogen and oxygen atoms in total. The van der Waals surface area contributed by atoms with Gasteiger partial charge in [-0.15, -0.1) is 0 Å². The minimum Gasteiger partial charge on any atom is -0.481 e. The zero-order valence-electron chi connectivity index (χ0n) is 11.5. The SMILES string of the molecule is CC(C)c1cnc(SCC(=O)O)n1-c1c(Cl)cccc1Cl. The lowest BCUT2D eigenvalue weighted by molar-refractivity contribution is -0.133. The molecule has 0 bridgehead atoms. The van der Waals surface area contributed by atoms with E-state index < -0.39 is 5.97 Å². The molecular formula is C14H14Cl2N2O2S. The van der Waals surface area contributed by atoms with E-state index in [-0.39, 0.29) is 11.7 Å². The first-order valence-electron chi connectivity index (χ1n) is 6.28. The molecule has 0 fully saturated rings. The summed E-state index contributed by atoms with van der Waals surface area (Å²) < 4.78 is 1.84. The Balaban J connectivity index is 2.58. The van der Waals surface area contributed by atoms with Crippen LogP contribution < -0.4 is 0 Å². The molecule has 1 aromatic heterocycles. The summed E-state index contributed by atoms with van der Waals surface area (Å²) in [7, 11) is 0. The molecule has 1 aromatic carbocycles. The molecular weight excluding hydrogens is 331 g/mol. The second kappa shape index (κ2) is 6.73. The van der Waals surface area contributed by atoms with Crippen LogP contribution in [-0.4, -0.2) is 26.4 Å². The van der Waals surface area contributed by atoms with Crippen LogP contribution in [0.5, 0.6) is 0 Å². The van der Waals surface area contributed by atoms with E-state index in [1.54, 1.807) is 24.4 Å². The maximum absolute atomic E-state index is 10.8. The zero-order valence-corrected chi connectivity index (χ0v) is 13.8. The molecule has 0 radical (unpaired) electrons. The fraction of sp³-hybridized carbons (Fsp3) is 0.286. The molecule has 112 valence electrons. The van der Waals surface area contributed by atoms with Crippen LogP contribution in [0, 0.1) is 0 Å². The van der Waals surface area contributed by atoms with E-state index in [4.69, 9.17) is 28.3 Å². The summed E-state index contributed by atoms with van der Waals surface area (Å²) >= 11 is 13.7. The normalized spacial score (nSPS) is 11.1. The summed E-state index contributed by atoms with van der Waals surface area (Å²) in [5.74, 6) is -0.772. The number of hydrogen-bond donors (Lipinski definition) is 1. The number of carboxylic acids is 1. The Morgan fingerprint density at radius 3 is 2.52 bits per heavy atom. The fourth-order valence-electron chi connectivity index (χ4n) is 1.91. The number of carbonyl (C=O) groups is 1. The molecule has 0 amide bonds. The number of imidazole rings is 1. The van der Waals surface area contributed by atoms with E-state index in [0.29, 0.717) is 20.9 Å². The van der Waals surface area contributed by atoms with Gasteiger partial charge in [-0.3, -0.25) is 9.36 Å². The highest BCUT2D eigenvalue weighted by Crippen LogP contribution is 2.35. The number of benzene rings is 1. The maximum atomic E-state index is 10.8. The Morgan fingerprint density at radius 1 is 1.38 bits per heavy atom. The van der Waals surface area contributed by atoms with E-state index >= 15 is 0 Å². The van der Waals surface area contributed by atoms with Crippen molar-refractivity contribution in [3.05, 3.63) is 40.1 Å². The van der Waals surface area contributed by atoms with Crippen molar-refractivity contribution in [2.75, 3.05) is 5.75 Å². The Bertz CT molecular complexity index is 651. The number of aromatic nitrogens is 2. The van der Waals surface area contributed by atoms with Gasteiger partial charge in [0.2, 0.25) is 0 Å².